The van der Waals surface area contributed by atoms with Gasteiger partial charge in [0.2, 0.25) is 11.7 Å². The lowest BCUT2D eigenvalue weighted by molar-refractivity contribution is 0.364. The Labute approximate surface area is 150 Å². The van der Waals surface area contributed by atoms with Crippen LogP contribution in [-0.2, 0) is 12.0 Å². The Morgan fingerprint density at radius 3 is 2.76 bits per heavy atom. The molecule has 0 N–H and O–H groups in total. The van der Waals surface area contributed by atoms with Crippen molar-refractivity contribution >= 4 is 11.8 Å². The van der Waals surface area contributed by atoms with Gasteiger partial charge in [-0.3, -0.25) is 4.57 Å². The molecule has 3 aromatic heterocycles. The number of furan rings is 1. The Morgan fingerprint density at radius 1 is 1.36 bits per heavy atom. The first-order valence-electron chi connectivity index (χ1n) is 7.99. The van der Waals surface area contributed by atoms with Gasteiger partial charge in [-0.1, -0.05) is 43.8 Å². The van der Waals surface area contributed by atoms with Gasteiger partial charge in [-0.25, -0.2) is 0 Å². The highest BCUT2D eigenvalue weighted by atomic mass is 32.2. The maximum atomic E-state index is 5.44. The van der Waals surface area contributed by atoms with Gasteiger partial charge in [-0.05, 0) is 19.1 Å². The third-order valence-corrected chi connectivity index (χ3v) is 4.58. The standard InChI is InChI=1S/C17H21N5O2S/c1-6-9-22-13(12-8-7-10-23-12)19-20-16(22)25-11(2)14-18-15(21-24-14)17(3,4)5/h6-8,10-11H,1,9H2,2-5H3. The molecule has 3 rings (SSSR count). The molecule has 132 valence electrons. The van der Waals surface area contributed by atoms with Crippen molar-refractivity contribution < 1.29 is 8.94 Å². The molecule has 3 aromatic rings. The van der Waals surface area contributed by atoms with E-state index in [4.69, 9.17) is 8.94 Å². The van der Waals surface area contributed by atoms with E-state index in [1.165, 1.54) is 11.8 Å². The van der Waals surface area contributed by atoms with Crippen molar-refractivity contribution in [2.24, 2.45) is 0 Å². The molecule has 0 amide bonds. The van der Waals surface area contributed by atoms with Crippen LogP contribution in [0.25, 0.3) is 11.6 Å². The quantitative estimate of drug-likeness (QED) is 0.480. The predicted molar refractivity (Wildman–Crippen MR) is 95.2 cm³/mol. The first-order valence-corrected chi connectivity index (χ1v) is 8.87. The average Bonchev–Trinajstić information content (AvgIpc) is 3.27. The van der Waals surface area contributed by atoms with Crippen molar-refractivity contribution in [1.82, 2.24) is 24.9 Å². The minimum atomic E-state index is -0.151. The highest BCUT2D eigenvalue weighted by molar-refractivity contribution is 7.99. The average molecular weight is 359 g/mol. The predicted octanol–water partition coefficient (Wildman–Crippen LogP) is 4.26. The molecule has 1 atom stereocenters. The van der Waals surface area contributed by atoms with Crippen LogP contribution in [0.4, 0.5) is 0 Å². The van der Waals surface area contributed by atoms with Crippen molar-refractivity contribution in [3.05, 3.63) is 42.8 Å². The number of rotatable bonds is 6. The zero-order chi connectivity index (χ0) is 18.0. The van der Waals surface area contributed by atoms with E-state index in [0.29, 0.717) is 29.8 Å². The van der Waals surface area contributed by atoms with Crippen LogP contribution >= 0.6 is 11.8 Å². The van der Waals surface area contributed by atoms with Crippen molar-refractivity contribution in [3.8, 4) is 11.6 Å². The molecule has 0 aromatic carbocycles. The molecule has 1 unspecified atom stereocenters. The minimum absolute atomic E-state index is 0.0548. The van der Waals surface area contributed by atoms with E-state index in [9.17, 15) is 0 Å². The summed E-state index contributed by atoms with van der Waals surface area (Å²) in [5, 5.41) is 13.3. The molecule has 0 aliphatic carbocycles. The summed E-state index contributed by atoms with van der Waals surface area (Å²) in [6.45, 7) is 12.5. The summed E-state index contributed by atoms with van der Waals surface area (Å²) in [5.41, 5.74) is -0.151. The molecule has 0 fully saturated rings. The fourth-order valence-electron chi connectivity index (χ4n) is 2.17. The largest absolute Gasteiger partial charge is 0.461 e. The molecule has 25 heavy (non-hydrogen) atoms. The summed E-state index contributed by atoms with van der Waals surface area (Å²) in [4.78, 5) is 4.52. The van der Waals surface area contributed by atoms with E-state index >= 15 is 0 Å². The first kappa shape index (κ1) is 17.5. The summed E-state index contributed by atoms with van der Waals surface area (Å²) in [6.07, 6.45) is 3.42. The lowest BCUT2D eigenvalue weighted by atomic mass is 9.96. The molecule has 0 saturated heterocycles. The van der Waals surface area contributed by atoms with E-state index in [1.807, 2.05) is 23.6 Å². The lowest BCUT2D eigenvalue weighted by Gasteiger charge is -2.11. The fourth-order valence-corrected chi connectivity index (χ4v) is 3.06. The van der Waals surface area contributed by atoms with E-state index in [-0.39, 0.29) is 10.7 Å². The number of hydrogen-bond donors (Lipinski definition) is 0. The van der Waals surface area contributed by atoms with Crippen molar-refractivity contribution in [1.29, 1.82) is 0 Å². The molecule has 8 heteroatoms. The van der Waals surface area contributed by atoms with Crippen LogP contribution < -0.4 is 0 Å². The third kappa shape index (κ3) is 3.68. The SMILES string of the molecule is C=CCn1c(SC(C)c2nc(C(C)(C)C)no2)nnc1-c1ccco1. The molecular weight excluding hydrogens is 338 g/mol. The molecule has 0 aliphatic heterocycles. The smallest absolute Gasteiger partial charge is 0.239 e. The van der Waals surface area contributed by atoms with Gasteiger partial charge in [-0.2, -0.15) is 4.98 Å². The summed E-state index contributed by atoms with van der Waals surface area (Å²) < 4.78 is 12.8. The second-order valence-corrected chi connectivity index (χ2v) is 7.96. The van der Waals surface area contributed by atoms with Gasteiger partial charge in [-0.15, -0.1) is 16.8 Å². The zero-order valence-corrected chi connectivity index (χ0v) is 15.6. The van der Waals surface area contributed by atoms with Crippen LogP contribution in [-0.4, -0.2) is 24.9 Å². The summed E-state index contributed by atoms with van der Waals surface area (Å²) in [7, 11) is 0. The summed E-state index contributed by atoms with van der Waals surface area (Å²) >= 11 is 1.51. The first-order chi connectivity index (χ1) is 11.9. The maximum Gasteiger partial charge on any atom is 0.239 e. The molecule has 7 nitrogen and oxygen atoms in total. The molecule has 0 spiro atoms. The van der Waals surface area contributed by atoms with Gasteiger partial charge in [0.15, 0.2) is 16.7 Å². The number of thioether (sulfide) groups is 1. The zero-order valence-electron chi connectivity index (χ0n) is 14.8. The number of nitrogens with zero attached hydrogens (tertiary/aromatic N) is 5. The van der Waals surface area contributed by atoms with Gasteiger partial charge >= 0.3 is 0 Å². The monoisotopic (exact) mass is 359 g/mol. The van der Waals surface area contributed by atoms with Crippen LogP contribution in [0.5, 0.6) is 0 Å². The number of hydrogen-bond acceptors (Lipinski definition) is 7. The van der Waals surface area contributed by atoms with Crippen molar-refractivity contribution in [2.45, 2.75) is 50.1 Å². The molecule has 0 aliphatic rings. The number of aromatic nitrogens is 5. The Bertz CT molecular complexity index is 845. The van der Waals surface area contributed by atoms with Gasteiger partial charge in [0.25, 0.3) is 0 Å². The highest BCUT2D eigenvalue weighted by Crippen LogP contribution is 2.35. The fraction of sp³-hybridized carbons (Fsp3) is 0.412. The normalized spacial score (nSPS) is 13.1. The molecule has 3 heterocycles. The van der Waals surface area contributed by atoms with E-state index < -0.39 is 0 Å². The van der Waals surface area contributed by atoms with E-state index in [2.05, 4.69) is 47.7 Å². The second kappa shape index (κ2) is 6.87. The van der Waals surface area contributed by atoms with Gasteiger partial charge < -0.3 is 8.94 Å². The van der Waals surface area contributed by atoms with Crippen LogP contribution in [0.2, 0.25) is 0 Å². The van der Waals surface area contributed by atoms with Gasteiger partial charge in [0, 0.05) is 12.0 Å². The Morgan fingerprint density at radius 2 is 2.16 bits per heavy atom. The Kier molecular flexibility index (Phi) is 4.80. The Balaban J connectivity index is 1.85. The van der Waals surface area contributed by atoms with Crippen LogP contribution in [0.15, 0.2) is 45.1 Å². The Hall–Kier alpha value is -2.35. The summed E-state index contributed by atoms with van der Waals surface area (Å²) in [6, 6.07) is 3.68. The maximum absolute atomic E-state index is 5.44. The summed E-state index contributed by atoms with van der Waals surface area (Å²) in [5.74, 6) is 2.60. The van der Waals surface area contributed by atoms with Crippen LogP contribution in [0.3, 0.4) is 0 Å². The molecular formula is C17H21N5O2S. The van der Waals surface area contributed by atoms with E-state index in [1.54, 1.807) is 12.3 Å². The molecule has 0 radical (unpaired) electrons. The molecule has 0 bridgehead atoms. The second-order valence-electron chi connectivity index (χ2n) is 6.65. The van der Waals surface area contributed by atoms with Gasteiger partial charge in [0.05, 0.1) is 11.5 Å². The van der Waals surface area contributed by atoms with Crippen molar-refractivity contribution in [2.75, 3.05) is 0 Å². The van der Waals surface area contributed by atoms with Crippen LogP contribution in [0.1, 0.15) is 44.7 Å². The topological polar surface area (TPSA) is 82.8 Å². The number of allylic oxidation sites excluding steroid dienone is 1. The third-order valence-electron chi connectivity index (χ3n) is 3.51. The minimum Gasteiger partial charge on any atom is -0.461 e. The van der Waals surface area contributed by atoms with Gasteiger partial charge in [0.1, 0.15) is 0 Å². The molecule has 0 saturated carbocycles. The van der Waals surface area contributed by atoms with E-state index in [0.717, 1.165) is 5.16 Å². The highest BCUT2D eigenvalue weighted by Gasteiger charge is 2.25. The lowest BCUT2D eigenvalue weighted by Crippen LogP contribution is -2.13. The van der Waals surface area contributed by atoms with Crippen LogP contribution in [0, 0.1) is 0 Å². The van der Waals surface area contributed by atoms with Crippen molar-refractivity contribution in [3.63, 3.8) is 0 Å².